The van der Waals surface area contributed by atoms with E-state index in [1.807, 2.05) is 13.0 Å². The van der Waals surface area contributed by atoms with E-state index in [1.54, 1.807) is 11.8 Å². The summed E-state index contributed by atoms with van der Waals surface area (Å²) in [5.74, 6) is 1.34. The lowest BCUT2D eigenvalue weighted by Crippen LogP contribution is -2.47. The van der Waals surface area contributed by atoms with Crippen molar-refractivity contribution in [2.45, 2.75) is 44.8 Å². The fourth-order valence-corrected chi connectivity index (χ4v) is 3.01. The standard InChI is InChI=1S/C15H19N5O3/c1-8-13(14-16-9(2)19-23-14)20(5-6-22-8)15(21)12-7-11(17-18-12)10-3-4-10/h7-8,10,13H,3-6H2,1-2H3,(H,17,18)/t8-,13+/m1/s1. The molecule has 2 aromatic rings. The molecule has 2 fully saturated rings. The third kappa shape index (κ3) is 2.63. The van der Waals surface area contributed by atoms with Gasteiger partial charge in [-0.3, -0.25) is 9.89 Å². The molecule has 1 N–H and O–H groups in total. The number of hydrogen-bond donors (Lipinski definition) is 1. The number of aromatic nitrogens is 4. The molecule has 4 rings (SSSR count). The molecule has 3 heterocycles. The summed E-state index contributed by atoms with van der Waals surface area (Å²) in [5.41, 5.74) is 1.47. The highest BCUT2D eigenvalue weighted by atomic mass is 16.5. The summed E-state index contributed by atoms with van der Waals surface area (Å²) in [6.45, 7) is 4.62. The fraction of sp³-hybridized carbons (Fsp3) is 0.600. The van der Waals surface area contributed by atoms with Crippen LogP contribution in [0.25, 0.3) is 0 Å². The van der Waals surface area contributed by atoms with E-state index in [-0.39, 0.29) is 12.0 Å². The van der Waals surface area contributed by atoms with Crippen molar-refractivity contribution in [3.05, 3.63) is 29.2 Å². The molecule has 8 nitrogen and oxygen atoms in total. The van der Waals surface area contributed by atoms with Gasteiger partial charge in [-0.2, -0.15) is 10.1 Å². The van der Waals surface area contributed by atoms with Crippen LogP contribution in [0.1, 0.15) is 59.6 Å². The van der Waals surface area contributed by atoms with Gasteiger partial charge in [0.1, 0.15) is 11.7 Å². The van der Waals surface area contributed by atoms with Crippen molar-refractivity contribution in [3.8, 4) is 0 Å². The summed E-state index contributed by atoms with van der Waals surface area (Å²) in [4.78, 5) is 18.9. The number of aromatic amines is 1. The van der Waals surface area contributed by atoms with Crippen molar-refractivity contribution in [2.24, 2.45) is 0 Å². The van der Waals surface area contributed by atoms with Gasteiger partial charge in [-0.15, -0.1) is 0 Å². The van der Waals surface area contributed by atoms with E-state index < -0.39 is 6.04 Å². The van der Waals surface area contributed by atoms with Crippen LogP contribution >= 0.6 is 0 Å². The number of nitrogens with zero attached hydrogens (tertiary/aromatic N) is 4. The second-order valence-corrected chi connectivity index (χ2v) is 6.18. The summed E-state index contributed by atoms with van der Waals surface area (Å²) >= 11 is 0. The third-order valence-electron chi connectivity index (χ3n) is 4.38. The Kier molecular flexibility index (Phi) is 3.41. The van der Waals surface area contributed by atoms with E-state index in [0.29, 0.717) is 36.5 Å². The molecule has 1 aliphatic carbocycles. The van der Waals surface area contributed by atoms with Crippen LogP contribution in [0.15, 0.2) is 10.6 Å². The summed E-state index contributed by atoms with van der Waals surface area (Å²) in [5, 5.41) is 11.0. The highest BCUT2D eigenvalue weighted by molar-refractivity contribution is 5.92. The first-order valence-corrected chi connectivity index (χ1v) is 7.91. The number of H-pyrrole nitrogens is 1. The van der Waals surface area contributed by atoms with Crippen molar-refractivity contribution in [3.63, 3.8) is 0 Å². The molecule has 1 saturated carbocycles. The number of ether oxygens (including phenoxy) is 1. The Bertz CT molecular complexity index is 720. The summed E-state index contributed by atoms with van der Waals surface area (Å²) < 4.78 is 11.0. The number of carbonyl (C=O) groups excluding carboxylic acids is 1. The van der Waals surface area contributed by atoms with Gasteiger partial charge in [0.25, 0.3) is 11.8 Å². The zero-order valence-electron chi connectivity index (χ0n) is 13.2. The molecule has 0 aromatic carbocycles. The second-order valence-electron chi connectivity index (χ2n) is 6.18. The molecule has 2 aliphatic rings. The Morgan fingerprint density at radius 1 is 1.43 bits per heavy atom. The van der Waals surface area contributed by atoms with Crippen LogP contribution < -0.4 is 0 Å². The number of carbonyl (C=O) groups is 1. The SMILES string of the molecule is Cc1noc([C@@H]2[C@@H](C)OCCN2C(=O)c2cc(C3CC3)[nH]n2)n1. The quantitative estimate of drug-likeness (QED) is 0.923. The minimum absolute atomic E-state index is 0.135. The maximum atomic E-state index is 12.9. The smallest absolute Gasteiger partial charge is 0.275 e. The second kappa shape index (κ2) is 5.45. The average Bonchev–Trinajstić information content (AvgIpc) is 3.11. The van der Waals surface area contributed by atoms with Crippen molar-refractivity contribution in [1.82, 2.24) is 25.2 Å². The van der Waals surface area contributed by atoms with Gasteiger partial charge in [-0.05, 0) is 32.8 Å². The normalized spacial score (nSPS) is 24.9. The van der Waals surface area contributed by atoms with Crippen LogP contribution in [0.4, 0.5) is 0 Å². The Labute approximate surface area is 133 Å². The zero-order valence-corrected chi connectivity index (χ0v) is 13.2. The minimum atomic E-state index is -0.390. The predicted octanol–water partition coefficient (Wildman–Crippen LogP) is 1.58. The molecule has 1 aliphatic heterocycles. The largest absolute Gasteiger partial charge is 0.374 e. The molecule has 1 amide bonds. The Balaban J connectivity index is 1.62. The Morgan fingerprint density at radius 3 is 2.96 bits per heavy atom. The molecule has 2 atom stereocenters. The van der Waals surface area contributed by atoms with Gasteiger partial charge < -0.3 is 14.2 Å². The van der Waals surface area contributed by atoms with Crippen molar-refractivity contribution >= 4 is 5.91 Å². The minimum Gasteiger partial charge on any atom is -0.374 e. The van der Waals surface area contributed by atoms with Crippen molar-refractivity contribution in [2.75, 3.05) is 13.2 Å². The van der Waals surface area contributed by atoms with Gasteiger partial charge >= 0.3 is 0 Å². The number of morpholine rings is 1. The van der Waals surface area contributed by atoms with E-state index in [2.05, 4.69) is 20.3 Å². The molecule has 122 valence electrons. The number of amides is 1. The van der Waals surface area contributed by atoms with E-state index in [4.69, 9.17) is 9.26 Å². The summed E-state index contributed by atoms with van der Waals surface area (Å²) in [7, 11) is 0. The molecule has 1 saturated heterocycles. The molecule has 0 unspecified atom stereocenters. The third-order valence-corrected chi connectivity index (χ3v) is 4.38. The topological polar surface area (TPSA) is 97.1 Å². The first-order chi connectivity index (χ1) is 11.1. The van der Waals surface area contributed by atoms with Gasteiger partial charge in [0.05, 0.1) is 12.7 Å². The van der Waals surface area contributed by atoms with Crippen LogP contribution in [0.2, 0.25) is 0 Å². The Morgan fingerprint density at radius 2 is 2.26 bits per heavy atom. The fourth-order valence-electron chi connectivity index (χ4n) is 3.01. The number of rotatable bonds is 3. The molecule has 8 heteroatoms. The predicted molar refractivity (Wildman–Crippen MR) is 78.8 cm³/mol. The first-order valence-electron chi connectivity index (χ1n) is 7.91. The lowest BCUT2D eigenvalue weighted by molar-refractivity contribution is -0.0602. The maximum absolute atomic E-state index is 12.9. The number of hydrogen-bond acceptors (Lipinski definition) is 6. The first kappa shape index (κ1) is 14.4. The molecule has 23 heavy (non-hydrogen) atoms. The zero-order chi connectivity index (χ0) is 16.0. The van der Waals surface area contributed by atoms with E-state index >= 15 is 0 Å². The van der Waals surface area contributed by atoms with Gasteiger partial charge in [-0.25, -0.2) is 0 Å². The van der Waals surface area contributed by atoms with Crippen LogP contribution in [-0.4, -0.2) is 50.4 Å². The molecule has 0 spiro atoms. The highest BCUT2D eigenvalue weighted by Gasteiger charge is 2.39. The molecular weight excluding hydrogens is 298 g/mol. The number of nitrogens with one attached hydrogen (secondary N) is 1. The van der Waals surface area contributed by atoms with Gasteiger partial charge in [-0.1, -0.05) is 5.16 Å². The molecular formula is C15H19N5O3. The van der Waals surface area contributed by atoms with E-state index in [9.17, 15) is 4.79 Å². The number of aryl methyl sites for hydroxylation is 1. The average molecular weight is 317 g/mol. The van der Waals surface area contributed by atoms with Crippen molar-refractivity contribution < 1.29 is 14.1 Å². The molecule has 0 radical (unpaired) electrons. The molecule has 0 bridgehead atoms. The van der Waals surface area contributed by atoms with E-state index in [0.717, 1.165) is 18.5 Å². The van der Waals surface area contributed by atoms with E-state index in [1.165, 1.54) is 0 Å². The van der Waals surface area contributed by atoms with Gasteiger partial charge in [0.15, 0.2) is 5.82 Å². The van der Waals surface area contributed by atoms with Crippen LogP contribution in [-0.2, 0) is 4.74 Å². The summed E-state index contributed by atoms with van der Waals surface area (Å²) in [6.07, 6.45) is 2.11. The lowest BCUT2D eigenvalue weighted by atomic mass is 10.1. The monoisotopic (exact) mass is 317 g/mol. The van der Waals surface area contributed by atoms with Crippen LogP contribution in [0.5, 0.6) is 0 Å². The maximum Gasteiger partial charge on any atom is 0.275 e. The Hall–Kier alpha value is -2.22. The van der Waals surface area contributed by atoms with Gasteiger partial charge in [0, 0.05) is 18.2 Å². The summed E-state index contributed by atoms with van der Waals surface area (Å²) in [6, 6.07) is 1.47. The molecule has 2 aromatic heterocycles. The van der Waals surface area contributed by atoms with Crippen LogP contribution in [0, 0.1) is 6.92 Å². The lowest BCUT2D eigenvalue weighted by Gasteiger charge is -2.37. The highest BCUT2D eigenvalue weighted by Crippen LogP contribution is 2.39. The van der Waals surface area contributed by atoms with Gasteiger partial charge in [0.2, 0.25) is 0 Å². The van der Waals surface area contributed by atoms with Crippen molar-refractivity contribution in [1.29, 1.82) is 0 Å². The van der Waals surface area contributed by atoms with Crippen LogP contribution in [0.3, 0.4) is 0 Å².